The molecule has 0 radical (unpaired) electrons. The SMILES string of the molecule is CCCNC(=O)OC(C)(C)C.[HH]. The molecule has 0 saturated carbocycles. The highest BCUT2D eigenvalue weighted by Crippen LogP contribution is 2.05. The molecule has 11 heavy (non-hydrogen) atoms. The maximum Gasteiger partial charge on any atom is 0.407 e. The van der Waals surface area contributed by atoms with Gasteiger partial charge in [-0.15, -0.1) is 0 Å². The molecule has 0 unspecified atom stereocenters. The minimum atomic E-state index is -0.391. The van der Waals surface area contributed by atoms with Gasteiger partial charge in [0, 0.05) is 7.97 Å². The van der Waals surface area contributed by atoms with Crippen LogP contribution in [0.2, 0.25) is 0 Å². The zero-order valence-corrected chi connectivity index (χ0v) is 7.73. The number of hydrogen-bond acceptors (Lipinski definition) is 2. The van der Waals surface area contributed by atoms with Gasteiger partial charge in [-0.1, -0.05) is 6.92 Å². The van der Waals surface area contributed by atoms with Gasteiger partial charge in [0.1, 0.15) is 5.60 Å². The van der Waals surface area contributed by atoms with Gasteiger partial charge >= 0.3 is 6.09 Å². The standard InChI is InChI=1S/C8H17NO2.H2/c1-5-6-9-7(10)11-8(2,3)4;/h5-6H2,1-4H3,(H,9,10);1H. The van der Waals surface area contributed by atoms with Crippen molar-refractivity contribution in [1.29, 1.82) is 0 Å². The maximum atomic E-state index is 10.9. The predicted octanol–water partition coefficient (Wildman–Crippen LogP) is 2.17. The van der Waals surface area contributed by atoms with E-state index in [1.807, 2.05) is 27.7 Å². The van der Waals surface area contributed by atoms with Gasteiger partial charge in [0.2, 0.25) is 0 Å². The fraction of sp³-hybridized carbons (Fsp3) is 0.875. The summed E-state index contributed by atoms with van der Waals surface area (Å²) in [6.07, 6.45) is 0.596. The first-order valence-corrected chi connectivity index (χ1v) is 3.92. The maximum absolute atomic E-state index is 10.9. The van der Waals surface area contributed by atoms with Crippen LogP contribution in [-0.2, 0) is 4.74 Å². The second-order valence-corrected chi connectivity index (χ2v) is 3.43. The topological polar surface area (TPSA) is 38.3 Å². The van der Waals surface area contributed by atoms with E-state index in [-0.39, 0.29) is 7.52 Å². The van der Waals surface area contributed by atoms with Crippen LogP contribution in [0.1, 0.15) is 35.5 Å². The lowest BCUT2D eigenvalue weighted by Crippen LogP contribution is -2.32. The van der Waals surface area contributed by atoms with Crippen LogP contribution in [0.25, 0.3) is 0 Å². The van der Waals surface area contributed by atoms with Crippen molar-refractivity contribution in [2.45, 2.75) is 39.7 Å². The monoisotopic (exact) mass is 161 g/mol. The van der Waals surface area contributed by atoms with Crippen LogP contribution in [-0.4, -0.2) is 18.2 Å². The van der Waals surface area contributed by atoms with Crippen LogP contribution < -0.4 is 5.32 Å². The van der Waals surface area contributed by atoms with E-state index in [1.54, 1.807) is 0 Å². The number of hydrogen-bond donors (Lipinski definition) is 1. The van der Waals surface area contributed by atoms with Crippen molar-refractivity contribution >= 4 is 6.09 Å². The molecule has 0 spiro atoms. The normalized spacial score (nSPS) is 10.9. The van der Waals surface area contributed by atoms with E-state index in [0.717, 1.165) is 6.42 Å². The largest absolute Gasteiger partial charge is 0.444 e. The number of amides is 1. The first-order chi connectivity index (χ1) is 4.95. The van der Waals surface area contributed by atoms with Gasteiger partial charge in [-0.05, 0) is 27.2 Å². The van der Waals surface area contributed by atoms with Crippen molar-refractivity contribution in [3.63, 3.8) is 0 Å². The Balaban J connectivity index is 0. The number of carbonyl (C=O) groups is 1. The summed E-state index contributed by atoms with van der Waals surface area (Å²) in [6.45, 7) is 8.21. The minimum absolute atomic E-state index is 0. The van der Waals surface area contributed by atoms with E-state index in [0.29, 0.717) is 6.54 Å². The fourth-order valence-corrected chi connectivity index (χ4v) is 0.541. The number of alkyl carbamates (subject to hydrolysis) is 1. The van der Waals surface area contributed by atoms with Gasteiger partial charge in [0.15, 0.2) is 0 Å². The molecule has 0 rings (SSSR count). The third-order valence-electron chi connectivity index (χ3n) is 0.918. The molecule has 3 nitrogen and oxygen atoms in total. The Morgan fingerprint density at radius 1 is 1.55 bits per heavy atom. The third kappa shape index (κ3) is 7.16. The molecule has 0 aliphatic heterocycles. The van der Waals surface area contributed by atoms with Crippen molar-refractivity contribution in [3.8, 4) is 0 Å². The Labute approximate surface area is 69.6 Å². The van der Waals surface area contributed by atoms with E-state index in [4.69, 9.17) is 4.74 Å². The highest BCUT2D eigenvalue weighted by atomic mass is 16.6. The second-order valence-electron chi connectivity index (χ2n) is 3.43. The number of nitrogens with one attached hydrogen (secondary N) is 1. The third-order valence-corrected chi connectivity index (χ3v) is 0.918. The van der Waals surface area contributed by atoms with E-state index in [2.05, 4.69) is 5.32 Å². The number of carbonyl (C=O) groups excluding carboxylic acids is 1. The quantitative estimate of drug-likeness (QED) is 0.674. The van der Waals surface area contributed by atoms with Gasteiger partial charge in [-0.2, -0.15) is 0 Å². The molecule has 0 heterocycles. The molecule has 3 heteroatoms. The molecule has 0 aliphatic carbocycles. The van der Waals surface area contributed by atoms with Crippen molar-refractivity contribution in [1.82, 2.24) is 5.32 Å². The smallest absolute Gasteiger partial charge is 0.407 e. The van der Waals surface area contributed by atoms with Crippen LogP contribution in [0, 0.1) is 0 Å². The van der Waals surface area contributed by atoms with Gasteiger partial charge in [0.25, 0.3) is 0 Å². The summed E-state index contributed by atoms with van der Waals surface area (Å²) in [4.78, 5) is 10.9. The molecular weight excluding hydrogens is 142 g/mol. The molecule has 1 N–H and O–H groups in total. The van der Waals surface area contributed by atoms with Crippen molar-refractivity contribution in [2.24, 2.45) is 0 Å². The molecule has 0 saturated heterocycles. The van der Waals surface area contributed by atoms with Gasteiger partial charge in [-0.3, -0.25) is 0 Å². The summed E-state index contributed by atoms with van der Waals surface area (Å²) in [5.74, 6) is 0. The molecular formula is C8H19NO2. The molecule has 0 aromatic carbocycles. The summed E-state index contributed by atoms with van der Waals surface area (Å²) in [5.41, 5.74) is -0.391. The molecule has 0 fully saturated rings. The lowest BCUT2D eigenvalue weighted by atomic mass is 10.2. The van der Waals surface area contributed by atoms with E-state index in [9.17, 15) is 4.79 Å². The molecule has 1 amide bonds. The molecule has 68 valence electrons. The highest BCUT2D eigenvalue weighted by molar-refractivity contribution is 5.67. The lowest BCUT2D eigenvalue weighted by molar-refractivity contribution is 0.0528. The van der Waals surface area contributed by atoms with E-state index in [1.165, 1.54) is 0 Å². The Bertz CT molecular complexity index is 132. The average molecular weight is 161 g/mol. The number of ether oxygens (including phenoxy) is 1. The van der Waals surface area contributed by atoms with E-state index < -0.39 is 5.60 Å². The Morgan fingerprint density at radius 2 is 2.09 bits per heavy atom. The van der Waals surface area contributed by atoms with Gasteiger partial charge in [0.05, 0.1) is 0 Å². The molecule has 0 aliphatic rings. The van der Waals surface area contributed by atoms with Crippen LogP contribution in [0.4, 0.5) is 4.79 Å². The Kier molecular flexibility index (Phi) is 3.93. The summed E-state index contributed by atoms with van der Waals surface area (Å²) in [5, 5.41) is 2.63. The highest BCUT2D eigenvalue weighted by Gasteiger charge is 2.14. The van der Waals surface area contributed by atoms with Gasteiger partial charge in [-0.25, -0.2) is 4.79 Å². The summed E-state index contributed by atoms with van der Waals surface area (Å²) < 4.78 is 4.99. The van der Waals surface area contributed by atoms with Crippen LogP contribution in [0.15, 0.2) is 0 Å². The van der Waals surface area contributed by atoms with Crippen molar-refractivity contribution in [3.05, 3.63) is 0 Å². The van der Waals surface area contributed by atoms with Crippen molar-refractivity contribution in [2.75, 3.05) is 6.54 Å². The van der Waals surface area contributed by atoms with Crippen LogP contribution in [0.5, 0.6) is 0 Å². The van der Waals surface area contributed by atoms with Crippen molar-refractivity contribution < 1.29 is 11.0 Å². The lowest BCUT2D eigenvalue weighted by Gasteiger charge is -2.19. The minimum Gasteiger partial charge on any atom is -0.444 e. The summed E-state index contributed by atoms with van der Waals surface area (Å²) in [6, 6.07) is 0. The molecule has 0 aromatic rings. The molecule has 0 aromatic heterocycles. The number of rotatable bonds is 2. The van der Waals surface area contributed by atoms with Gasteiger partial charge < -0.3 is 10.1 Å². The first kappa shape index (κ1) is 10.3. The fourth-order valence-electron chi connectivity index (χ4n) is 0.541. The van der Waals surface area contributed by atoms with E-state index >= 15 is 0 Å². The molecule has 0 bridgehead atoms. The summed E-state index contributed by atoms with van der Waals surface area (Å²) >= 11 is 0. The average Bonchev–Trinajstić information content (AvgIpc) is 1.79. The Morgan fingerprint density at radius 3 is 2.45 bits per heavy atom. The molecule has 0 atom stereocenters. The zero-order valence-electron chi connectivity index (χ0n) is 7.73. The van der Waals surface area contributed by atoms with Crippen LogP contribution in [0.3, 0.4) is 0 Å². The first-order valence-electron chi connectivity index (χ1n) is 3.92. The predicted molar refractivity (Wildman–Crippen MR) is 46.6 cm³/mol. The second kappa shape index (κ2) is 4.21. The Hall–Kier alpha value is -0.730. The summed E-state index contributed by atoms with van der Waals surface area (Å²) in [7, 11) is 0. The van der Waals surface area contributed by atoms with Crippen LogP contribution >= 0.6 is 0 Å². The zero-order chi connectivity index (χ0) is 8.91.